The van der Waals surface area contributed by atoms with Crippen LogP contribution in [0.1, 0.15) is 37.7 Å². The van der Waals surface area contributed by atoms with Crippen LogP contribution in [-0.2, 0) is 26.4 Å². The normalized spacial score (nSPS) is 12.6. The SMILES string of the molecule is CCc1nn(C)c(CC)c1CNC(=NC)NCC(C)Oc1ccccc1OC. The number of methoxy groups -OCH3 is 1. The van der Waals surface area contributed by atoms with Gasteiger partial charge < -0.3 is 20.1 Å². The van der Waals surface area contributed by atoms with E-state index in [0.717, 1.165) is 36.0 Å². The summed E-state index contributed by atoms with van der Waals surface area (Å²) in [6.45, 7) is 7.62. The van der Waals surface area contributed by atoms with Crippen LogP contribution in [0.15, 0.2) is 29.3 Å². The number of nitrogens with zero attached hydrogens (tertiary/aromatic N) is 3. The number of hydrogen-bond acceptors (Lipinski definition) is 4. The van der Waals surface area contributed by atoms with Crippen molar-refractivity contribution in [3.8, 4) is 11.5 Å². The molecule has 2 aromatic rings. The van der Waals surface area contributed by atoms with E-state index in [-0.39, 0.29) is 6.10 Å². The molecule has 0 saturated heterocycles. The van der Waals surface area contributed by atoms with Crippen molar-refractivity contribution in [2.45, 2.75) is 46.3 Å². The van der Waals surface area contributed by atoms with Crippen molar-refractivity contribution in [3.63, 3.8) is 0 Å². The summed E-state index contributed by atoms with van der Waals surface area (Å²) in [5.41, 5.74) is 3.65. The quantitative estimate of drug-likeness (QED) is 0.511. The second-order valence-corrected chi connectivity index (χ2v) is 6.59. The van der Waals surface area contributed by atoms with Crippen molar-refractivity contribution in [1.29, 1.82) is 0 Å². The topological polar surface area (TPSA) is 72.7 Å². The zero-order valence-electron chi connectivity index (χ0n) is 17.9. The zero-order valence-corrected chi connectivity index (χ0v) is 17.9. The summed E-state index contributed by atoms with van der Waals surface area (Å²) < 4.78 is 13.3. The van der Waals surface area contributed by atoms with Gasteiger partial charge in [0.15, 0.2) is 17.5 Å². The summed E-state index contributed by atoms with van der Waals surface area (Å²) in [6.07, 6.45) is 1.82. The molecule has 1 heterocycles. The van der Waals surface area contributed by atoms with Gasteiger partial charge in [-0.2, -0.15) is 5.10 Å². The lowest BCUT2D eigenvalue weighted by atomic mass is 10.1. The molecule has 2 N–H and O–H groups in total. The molecular weight excluding hydrogens is 354 g/mol. The fourth-order valence-corrected chi connectivity index (χ4v) is 3.20. The molecule has 154 valence electrons. The molecule has 0 aliphatic carbocycles. The number of aliphatic imine (C=N–C) groups is 1. The molecule has 0 radical (unpaired) electrons. The summed E-state index contributed by atoms with van der Waals surface area (Å²) >= 11 is 0. The smallest absolute Gasteiger partial charge is 0.191 e. The van der Waals surface area contributed by atoms with E-state index in [1.165, 1.54) is 11.3 Å². The number of aromatic nitrogens is 2. The number of ether oxygens (including phenoxy) is 2. The highest BCUT2D eigenvalue weighted by Gasteiger charge is 2.14. The van der Waals surface area contributed by atoms with Gasteiger partial charge in [-0.15, -0.1) is 0 Å². The van der Waals surface area contributed by atoms with Crippen LogP contribution in [0.5, 0.6) is 11.5 Å². The molecule has 1 aromatic carbocycles. The third kappa shape index (κ3) is 5.41. The molecule has 2 rings (SSSR count). The van der Waals surface area contributed by atoms with Gasteiger partial charge in [-0.05, 0) is 31.9 Å². The lowest BCUT2D eigenvalue weighted by Crippen LogP contribution is -2.41. The van der Waals surface area contributed by atoms with Crippen molar-refractivity contribution in [2.24, 2.45) is 12.0 Å². The van der Waals surface area contributed by atoms with Crippen LogP contribution in [0.3, 0.4) is 0 Å². The maximum atomic E-state index is 5.99. The molecular formula is C21H33N5O2. The largest absolute Gasteiger partial charge is 0.493 e. The second kappa shape index (κ2) is 10.6. The number of benzene rings is 1. The van der Waals surface area contributed by atoms with Crippen LogP contribution in [0.4, 0.5) is 0 Å². The van der Waals surface area contributed by atoms with Crippen LogP contribution < -0.4 is 20.1 Å². The molecule has 0 aliphatic rings. The Kier molecular flexibility index (Phi) is 8.17. The Morgan fingerprint density at radius 1 is 1.18 bits per heavy atom. The number of para-hydroxylation sites is 2. The van der Waals surface area contributed by atoms with Crippen molar-refractivity contribution >= 4 is 5.96 Å². The predicted molar refractivity (Wildman–Crippen MR) is 113 cm³/mol. The Bertz CT molecular complexity index is 785. The van der Waals surface area contributed by atoms with Gasteiger partial charge in [0.25, 0.3) is 0 Å². The maximum absolute atomic E-state index is 5.99. The number of hydrogen-bond donors (Lipinski definition) is 2. The van der Waals surface area contributed by atoms with E-state index in [2.05, 4.69) is 34.6 Å². The summed E-state index contributed by atoms with van der Waals surface area (Å²) in [5, 5.41) is 11.3. The van der Waals surface area contributed by atoms with E-state index in [4.69, 9.17) is 9.47 Å². The molecule has 0 spiro atoms. The molecule has 0 saturated carbocycles. The summed E-state index contributed by atoms with van der Waals surface area (Å²) in [7, 11) is 5.42. The standard InChI is InChI=1S/C21H33N5O2/c1-7-17-16(18(8-2)26(5)25-17)14-24-21(22-4)23-13-15(3)28-20-12-10-9-11-19(20)27-6/h9-12,15H,7-8,13-14H2,1-6H3,(H2,22,23,24). The second-order valence-electron chi connectivity index (χ2n) is 6.59. The highest BCUT2D eigenvalue weighted by molar-refractivity contribution is 5.79. The molecule has 7 heteroatoms. The minimum atomic E-state index is -0.0503. The first-order valence-electron chi connectivity index (χ1n) is 9.81. The van der Waals surface area contributed by atoms with Gasteiger partial charge in [-0.3, -0.25) is 9.67 Å². The number of aryl methyl sites for hydroxylation is 2. The third-order valence-corrected chi connectivity index (χ3v) is 4.64. The Morgan fingerprint density at radius 3 is 2.50 bits per heavy atom. The first-order chi connectivity index (χ1) is 13.5. The molecule has 1 atom stereocenters. The zero-order chi connectivity index (χ0) is 20.5. The van der Waals surface area contributed by atoms with Crippen LogP contribution in [-0.4, -0.2) is 42.5 Å². The Morgan fingerprint density at radius 2 is 1.89 bits per heavy atom. The first kappa shape index (κ1) is 21.6. The third-order valence-electron chi connectivity index (χ3n) is 4.64. The van der Waals surface area contributed by atoms with Gasteiger partial charge in [0.1, 0.15) is 6.10 Å². The van der Waals surface area contributed by atoms with Gasteiger partial charge in [-0.25, -0.2) is 0 Å². The average Bonchev–Trinajstić information content (AvgIpc) is 3.02. The van der Waals surface area contributed by atoms with Crippen molar-refractivity contribution in [1.82, 2.24) is 20.4 Å². The molecule has 0 bridgehead atoms. The highest BCUT2D eigenvalue weighted by Crippen LogP contribution is 2.26. The summed E-state index contributed by atoms with van der Waals surface area (Å²) in [5.74, 6) is 2.20. The van der Waals surface area contributed by atoms with Gasteiger partial charge in [-0.1, -0.05) is 26.0 Å². The predicted octanol–water partition coefficient (Wildman–Crippen LogP) is 2.69. The first-order valence-corrected chi connectivity index (χ1v) is 9.81. The van der Waals surface area contributed by atoms with Crippen molar-refractivity contribution in [3.05, 3.63) is 41.2 Å². The molecule has 0 fully saturated rings. The summed E-state index contributed by atoms with van der Waals surface area (Å²) in [6, 6.07) is 7.65. The molecule has 0 amide bonds. The molecule has 7 nitrogen and oxygen atoms in total. The van der Waals surface area contributed by atoms with E-state index in [1.807, 2.05) is 42.9 Å². The van der Waals surface area contributed by atoms with E-state index >= 15 is 0 Å². The molecule has 1 unspecified atom stereocenters. The highest BCUT2D eigenvalue weighted by atomic mass is 16.5. The number of rotatable bonds is 9. The monoisotopic (exact) mass is 387 g/mol. The average molecular weight is 388 g/mol. The molecule has 0 aliphatic heterocycles. The van der Waals surface area contributed by atoms with Gasteiger partial charge in [0.05, 0.1) is 19.3 Å². The fourth-order valence-electron chi connectivity index (χ4n) is 3.20. The molecule has 1 aromatic heterocycles. The van der Waals surface area contributed by atoms with E-state index < -0.39 is 0 Å². The van der Waals surface area contributed by atoms with Crippen LogP contribution in [0.25, 0.3) is 0 Å². The van der Waals surface area contributed by atoms with Crippen molar-refractivity contribution in [2.75, 3.05) is 20.7 Å². The maximum Gasteiger partial charge on any atom is 0.191 e. The van der Waals surface area contributed by atoms with Crippen molar-refractivity contribution < 1.29 is 9.47 Å². The lowest BCUT2D eigenvalue weighted by Gasteiger charge is -2.19. The van der Waals surface area contributed by atoms with E-state index in [1.54, 1.807) is 14.2 Å². The van der Waals surface area contributed by atoms with Crippen LogP contribution in [0.2, 0.25) is 0 Å². The summed E-state index contributed by atoms with van der Waals surface area (Å²) in [4.78, 5) is 4.32. The van der Waals surface area contributed by atoms with E-state index in [0.29, 0.717) is 13.1 Å². The van der Waals surface area contributed by atoms with Crippen LogP contribution in [0, 0.1) is 0 Å². The van der Waals surface area contributed by atoms with Gasteiger partial charge >= 0.3 is 0 Å². The van der Waals surface area contributed by atoms with Gasteiger partial charge in [0.2, 0.25) is 0 Å². The number of guanidine groups is 1. The minimum absolute atomic E-state index is 0.0503. The fraction of sp³-hybridized carbons (Fsp3) is 0.524. The van der Waals surface area contributed by atoms with E-state index in [9.17, 15) is 0 Å². The minimum Gasteiger partial charge on any atom is -0.493 e. The number of nitrogens with one attached hydrogen (secondary N) is 2. The molecule has 28 heavy (non-hydrogen) atoms. The lowest BCUT2D eigenvalue weighted by molar-refractivity contribution is 0.213. The Hall–Kier alpha value is -2.70. The van der Waals surface area contributed by atoms with Crippen LogP contribution >= 0.6 is 0 Å². The Balaban J connectivity index is 1.91. The Labute approximate surface area is 168 Å². The van der Waals surface area contributed by atoms with Gasteiger partial charge in [0, 0.05) is 31.9 Å².